The molecular formula is C27H37FN2O5. The van der Waals surface area contributed by atoms with Crippen molar-refractivity contribution in [2.24, 2.45) is 5.92 Å². The summed E-state index contributed by atoms with van der Waals surface area (Å²) in [5.74, 6) is 0.298. The third-order valence-corrected chi connectivity index (χ3v) is 6.50. The molecule has 1 heterocycles. The largest absolute Gasteiger partial charge is 0.493 e. The SMILES string of the molecule is COCCCOc1cc(C(=O)N(C[C@@H]2CNC[C@]2(O)Cc2ccccc2F)C(C)C)ccc1OC. The smallest absolute Gasteiger partial charge is 0.254 e. The lowest BCUT2D eigenvalue weighted by atomic mass is 9.84. The van der Waals surface area contributed by atoms with Crippen molar-refractivity contribution in [1.82, 2.24) is 10.2 Å². The van der Waals surface area contributed by atoms with E-state index in [2.05, 4.69) is 5.32 Å². The van der Waals surface area contributed by atoms with E-state index in [-0.39, 0.29) is 30.1 Å². The van der Waals surface area contributed by atoms with Gasteiger partial charge in [0, 0.05) is 63.7 Å². The van der Waals surface area contributed by atoms with Gasteiger partial charge in [0.15, 0.2) is 11.5 Å². The van der Waals surface area contributed by atoms with Gasteiger partial charge in [-0.2, -0.15) is 0 Å². The Hall–Kier alpha value is -2.68. The molecule has 0 unspecified atom stereocenters. The highest BCUT2D eigenvalue weighted by atomic mass is 19.1. The predicted octanol–water partition coefficient (Wildman–Crippen LogP) is 3.29. The number of amides is 1. The van der Waals surface area contributed by atoms with Crippen LogP contribution in [0.5, 0.6) is 11.5 Å². The van der Waals surface area contributed by atoms with Gasteiger partial charge in [-0.1, -0.05) is 18.2 Å². The van der Waals surface area contributed by atoms with Crippen LogP contribution in [0, 0.1) is 11.7 Å². The van der Waals surface area contributed by atoms with Gasteiger partial charge < -0.3 is 29.5 Å². The lowest BCUT2D eigenvalue weighted by molar-refractivity contribution is 0.000757. The first-order valence-corrected chi connectivity index (χ1v) is 12.1. The summed E-state index contributed by atoms with van der Waals surface area (Å²) in [6.45, 7) is 6.13. The summed E-state index contributed by atoms with van der Waals surface area (Å²) in [7, 11) is 3.19. The van der Waals surface area contributed by atoms with Gasteiger partial charge in [0.05, 0.1) is 19.3 Å². The molecule has 1 aliphatic rings. The number of nitrogens with one attached hydrogen (secondary N) is 1. The molecule has 0 aliphatic carbocycles. The number of methoxy groups -OCH3 is 2. The Bertz CT molecular complexity index is 986. The summed E-state index contributed by atoms with van der Waals surface area (Å²) < 4.78 is 30.6. The molecule has 3 rings (SSSR count). The molecule has 0 radical (unpaired) electrons. The van der Waals surface area contributed by atoms with Gasteiger partial charge in [0.1, 0.15) is 5.82 Å². The molecule has 2 atom stereocenters. The standard InChI is InChI=1S/C27H37FN2O5/c1-19(2)30(17-22-16-29-18-27(22,32)15-21-8-5-6-9-23(21)28)26(31)20-10-11-24(34-4)25(14-20)35-13-7-12-33-3/h5-6,8-11,14,19,22,29,32H,7,12-13,15-18H2,1-4H3/t22-,27+/m0/s1. The maximum Gasteiger partial charge on any atom is 0.254 e. The zero-order chi connectivity index (χ0) is 25.4. The maximum atomic E-state index is 14.3. The first kappa shape index (κ1) is 26.9. The van der Waals surface area contributed by atoms with Crippen LogP contribution >= 0.6 is 0 Å². The molecule has 1 amide bonds. The number of hydrogen-bond acceptors (Lipinski definition) is 6. The highest BCUT2D eigenvalue weighted by Gasteiger charge is 2.43. The van der Waals surface area contributed by atoms with Gasteiger partial charge in [-0.25, -0.2) is 4.39 Å². The summed E-state index contributed by atoms with van der Waals surface area (Å²) in [6.07, 6.45) is 0.894. The molecule has 2 aromatic carbocycles. The van der Waals surface area contributed by atoms with Crippen molar-refractivity contribution in [3.63, 3.8) is 0 Å². The van der Waals surface area contributed by atoms with E-state index >= 15 is 0 Å². The molecule has 35 heavy (non-hydrogen) atoms. The molecule has 8 heteroatoms. The molecule has 1 fully saturated rings. The summed E-state index contributed by atoms with van der Waals surface area (Å²) in [6, 6.07) is 11.5. The fraction of sp³-hybridized carbons (Fsp3) is 0.519. The van der Waals surface area contributed by atoms with Crippen LogP contribution in [0.25, 0.3) is 0 Å². The van der Waals surface area contributed by atoms with Crippen molar-refractivity contribution < 1.29 is 28.5 Å². The highest BCUT2D eigenvalue weighted by molar-refractivity contribution is 5.95. The third kappa shape index (κ3) is 6.72. The first-order valence-electron chi connectivity index (χ1n) is 12.1. The van der Waals surface area contributed by atoms with Gasteiger partial charge in [-0.05, 0) is 43.7 Å². The van der Waals surface area contributed by atoms with E-state index in [0.717, 1.165) is 0 Å². The van der Waals surface area contributed by atoms with E-state index in [1.807, 2.05) is 13.8 Å². The lowest BCUT2D eigenvalue weighted by Crippen LogP contribution is -2.49. The first-order chi connectivity index (χ1) is 16.8. The Kier molecular flexibility index (Phi) is 9.48. The molecule has 1 saturated heterocycles. The van der Waals surface area contributed by atoms with E-state index in [9.17, 15) is 14.3 Å². The van der Waals surface area contributed by atoms with Crippen LogP contribution in [0.3, 0.4) is 0 Å². The van der Waals surface area contributed by atoms with Crippen LogP contribution in [0.2, 0.25) is 0 Å². The number of benzene rings is 2. The van der Waals surface area contributed by atoms with E-state index in [4.69, 9.17) is 14.2 Å². The molecule has 0 aromatic heterocycles. The molecular weight excluding hydrogens is 451 g/mol. The second-order valence-electron chi connectivity index (χ2n) is 9.31. The number of β-amino-alcohol motifs (C(OH)–C–C–N with tert-alkyl or cyclic N) is 1. The van der Waals surface area contributed by atoms with Crippen molar-refractivity contribution in [3.8, 4) is 11.5 Å². The summed E-state index contributed by atoms with van der Waals surface area (Å²) in [5, 5.41) is 14.7. The maximum absolute atomic E-state index is 14.3. The van der Waals surface area contributed by atoms with Crippen LogP contribution in [-0.4, -0.2) is 74.6 Å². The van der Waals surface area contributed by atoms with E-state index in [0.29, 0.717) is 61.9 Å². The Balaban J connectivity index is 1.77. The topological polar surface area (TPSA) is 80.3 Å². The van der Waals surface area contributed by atoms with Crippen LogP contribution in [0.15, 0.2) is 42.5 Å². The summed E-state index contributed by atoms with van der Waals surface area (Å²) in [5.41, 5.74) is -0.216. The molecule has 0 bridgehead atoms. The van der Waals surface area contributed by atoms with Crippen molar-refractivity contribution in [2.75, 3.05) is 47.1 Å². The monoisotopic (exact) mass is 488 g/mol. The van der Waals surface area contributed by atoms with Crippen molar-refractivity contribution >= 4 is 5.91 Å². The number of carbonyl (C=O) groups is 1. The zero-order valence-corrected chi connectivity index (χ0v) is 21.1. The molecule has 2 aromatic rings. The molecule has 2 N–H and O–H groups in total. The van der Waals surface area contributed by atoms with Crippen LogP contribution in [0.4, 0.5) is 4.39 Å². The third-order valence-electron chi connectivity index (χ3n) is 6.50. The summed E-state index contributed by atoms with van der Waals surface area (Å²) >= 11 is 0. The van der Waals surface area contributed by atoms with Gasteiger partial charge in [0.2, 0.25) is 0 Å². The Morgan fingerprint density at radius 1 is 1.20 bits per heavy atom. The minimum absolute atomic E-state index is 0.103. The lowest BCUT2D eigenvalue weighted by Gasteiger charge is -2.35. The van der Waals surface area contributed by atoms with E-state index < -0.39 is 5.60 Å². The fourth-order valence-corrected chi connectivity index (χ4v) is 4.45. The second-order valence-corrected chi connectivity index (χ2v) is 9.31. The van der Waals surface area contributed by atoms with Gasteiger partial charge in [0.25, 0.3) is 5.91 Å². The quantitative estimate of drug-likeness (QED) is 0.447. The number of hydrogen-bond donors (Lipinski definition) is 2. The number of carbonyl (C=O) groups excluding carboxylic acids is 1. The van der Waals surface area contributed by atoms with Crippen molar-refractivity contribution in [1.29, 1.82) is 0 Å². The Morgan fingerprint density at radius 2 is 1.97 bits per heavy atom. The molecule has 1 aliphatic heterocycles. The van der Waals surface area contributed by atoms with Crippen LogP contribution in [0.1, 0.15) is 36.2 Å². The number of halogens is 1. The fourth-order valence-electron chi connectivity index (χ4n) is 4.45. The van der Waals surface area contributed by atoms with E-state index in [1.54, 1.807) is 55.5 Å². The second kappa shape index (κ2) is 12.3. The van der Waals surface area contributed by atoms with Gasteiger partial charge in [-0.3, -0.25) is 4.79 Å². The van der Waals surface area contributed by atoms with Crippen LogP contribution < -0.4 is 14.8 Å². The van der Waals surface area contributed by atoms with Crippen molar-refractivity contribution in [3.05, 3.63) is 59.4 Å². The average molecular weight is 489 g/mol. The average Bonchev–Trinajstić information content (AvgIpc) is 3.20. The van der Waals surface area contributed by atoms with Gasteiger partial charge in [-0.15, -0.1) is 0 Å². The van der Waals surface area contributed by atoms with E-state index in [1.165, 1.54) is 6.07 Å². The Labute approximate surface area is 207 Å². The molecule has 0 spiro atoms. The zero-order valence-electron chi connectivity index (χ0n) is 21.1. The number of ether oxygens (including phenoxy) is 3. The highest BCUT2D eigenvalue weighted by Crippen LogP contribution is 2.31. The normalized spacial score (nSPS) is 19.7. The predicted molar refractivity (Wildman–Crippen MR) is 133 cm³/mol. The van der Waals surface area contributed by atoms with Gasteiger partial charge >= 0.3 is 0 Å². The van der Waals surface area contributed by atoms with Crippen molar-refractivity contribution in [2.45, 2.75) is 38.3 Å². The Morgan fingerprint density at radius 3 is 2.66 bits per heavy atom. The minimum Gasteiger partial charge on any atom is -0.493 e. The molecule has 0 saturated carbocycles. The minimum atomic E-state index is -1.16. The molecule has 192 valence electrons. The molecule has 7 nitrogen and oxygen atoms in total. The van der Waals surface area contributed by atoms with Crippen LogP contribution in [-0.2, 0) is 11.2 Å². The summed E-state index contributed by atoms with van der Waals surface area (Å²) in [4.78, 5) is 15.3. The number of aliphatic hydroxyl groups is 1. The number of rotatable bonds is 12. The number of nitrogens with zero attached hydrogens (tertiary/aromatic N) is 1.